The van der Waals surface area contributed by atoms with Gasteiger partial charge in [0.2, 0.25) is 0 Å². The molecule has 1 heterocycles. The predicted octanol–water partition coefficient (Wildman–Crippen LogP) is 4.19. The maximum atomic E-state index is 4.76. The first-order valence-electron chi connectivity index (χ1n) is 9.07. The standard InChI is InChI=1S/C22H25N3/c1-16-21(14-23-22-13-20(22)19-11-7-4-8-12-19)17(2)25(24-16)15-18-9-5-3-6-10-18/h3-12,20,22-23H,13-15H2,1-2H3/t20-,22+/m0/s1. The fourth-order valence-electron chi connectivity index (χ4n) is 3.62. The van der Waals surface area contributed by atoms with Crippen molar-refractivity contribution in [3.8, 4) is 0 Å². The van der Waals surface area contributed by atoms with Crippen LogP contribution in [0, 0.1) is 13.8 Å². The number of nitrogens with one attached hydrogen (secondary N) is 1. The molecule has 0 aliphatic heterocycles. The summed E-state index contributed by atoms with van der Waals surface area (Å²) >= 11 is 0. The summed E-state index contributed by atoms with van der Waals surface area (Å²) in [7, 11) is 0. The van der Waals surface area contributed by atoms with Crippen molar-refractivity contribution in [2.75, 3.05) is 0 Å². The highest BCUT2D eigenvalue weighted by atomic mass is 15.3. The topological polar surface area (TPSA) is 29.9 Å². The van der Waals surface area contributed by atoms with Crippen LogP contribution in [0.2, 0.25) is 0 Å². The number of aromatic nitrogens is 2. The summed E-state index contributed by atoms with van der Waals surface area (Å²) in [4.78, 5) is 0. The van der Waals surface area contributed by atoms with Crippen molar-refractivity contribution < 1.29 is 0 Å². The van der Waals surface area contributed by atoms with Gasteiger partial charge in [-0.05, 0) is 31.4 Å². The van der Waals surface area contributed by atoms with E-state index in [0.29, 0.717) is 12.0 Å². The summed E-state index contributed by atoms with van der Waals surface area (Å²) < 4.78 is 2.13. The van der Waals surface area contributed by atoms with Gasteiger partial charge in [0.1, 0.15) is 0 Å². The third-order valence-corrected chi connectivity index (χ3v) is 5.27. The van der Waals surface area contributed by atoms with E-state index in [1.54, 1.807) is 0 Å². The van der Waals surface area contributed by atoms with Crippen LogP contribution in [0.15, 0.2) is 60.7 Å². The zero-order chi connectivity index (χ0) is 17.2. The van der Waals surface area contributed by atoms with Crippen LogP contribution in [-0.2, 0) is 13.1 Å². The van der Waals surface area contributed by atoms with Crippen LogP contribution < -0.4 is 5.32 Å². The zero-order valence-electron chi connectivity index (χ0n) is 14.9. The molecular weight excluding hydrogens is 306 g/mol. The van der Waals surface area contributed by atoms with E-state index in [4.69, 9.17) is 5.10 Å². The van der Waals surface area contributed by atoms with Gasteiger partial charge >= 0.3 is 0 Å². The lowest BCUT2D eigenvalue weighted by atomic mass is 10.1. The Balaban J connectivity index is 1.40. The minimum absolute atomic E-state index is 0.596. The first-order chi connectivity index (χ1) is 12.2. The molecule has 3 heteroatoms. The fourth-order valence-corrected chi connectivity index (χ4v) is 3.62. The molecule has 1 fully saturated rings. The summed E-state index contributed by atoms with van der Waals surface area (Å²) in [6.07, 6.45) is 1.24. The van der Waals surface area contributed by atoms with Gasteiger partial charge in [0.25, 0.3) is 0 Å². The number of aryl methyl sites for hydroxylation is 1. The number of hydrogen-bond acceptors (Lipinski definition) is 2. The second-order valence-corrected chi connectivity index (χ2v) is 7.03. The van der Waals surface area contributed by atoms with Crippen molar-refractivity contribution in [2.45, 2.75) is 45.3 Å². The van der Waals surface area contributed by atoms with E-state index in [-0.39, 0.29) is 0 Å². The van der Waals surface area contributed by atoms with Gasteiger partial charge in [-0.3, -0.25) is 4.68 Å². The smallest absolute Gasteiger partial charge is 0.0662 e. The zero-order valence-corrected chi connectivity index (χ0v) is 14.9. The van der Waals surface area contributed by atoms with Gasteiger partial charge in [-0.1, -0.05) is 60.7 Å². The first kappa shape index (κ1) is 16.1. The SMILES string of the molecule is Cc1nn(Cc2ccccc2)c(C)c1CN[C@@H]1C[C@H]1c1ccccc1. The van der Waals surface area contributed by atoms with Crippen molar-refractivity contribution in [1.82, 2.24) is 15.1 Å². The monoisotopic (exact) mass is 331 g/mol. The van der Waals surface area contributed by atoms with E-state index in [2.05, 4.69) is 84.5 Å². The molecule has 0 radical (unpaired) electrons. The fraction of sp³-hybridized carbons (Fsp3) is 0.318. The second-order valence-electron chi connectivity index (χ2n) is 7.03. The minimum atomic E-state index is 0.596. The second kappa shape index (κ2) is 6.85. The molecule has 3 nitrogen and oxygen atoms in total. The van der Waals surface area contributed by atoms with Crippen LogP contribution in [0.3, 0.4) is 0 Å². The Morgan fingerprint density at radius 3 is 2.40 bits per heavy atom. The number of benzene rings is 2. The molecule has 0 spiro atoms. The Hall–Kier alpha value is -2.39. The van der Waals surface area contributed by atoms with E-state index in [1.807, 2.05) is 0 Å². The van der Waals surface area contributed by atoms with E-state index < -0.39 is 0 Å². The molecule has 2 aromatic carbocycles. The average molecular weight is 331 g/mol. The Morgan fingerprint density at radius 2 is 1.68 bits per heavy atom. The van der Waals surface area contributed by atoms with Crippen LogP contribution in [0.1, 0.15) is 40.4 Å². The summed E-state index contributed by atoms with van der Waals surface area (Å²) in [6.45, 7) is 6.04. The number of nitrogens with zero attached hydrogens (tertiary/aromatic N) is 2. The molecule has 0 saturated heterocycles. The molecule has 2 atom stereocenters. The van der Waals surface area contributed by atoms with Gasteiger partial charge in [0.05, 0.1) is 12.2 Å². The van der Waals surface area contributed by atoms with Crippen LogP contribution in [0.5, 0.6) is 0 Å². The molecule has 0 amide bonds. The van der Waals surface area contributed by atoms with E-state index >= 15 is 0 Å². The van der Waals surface area contributed by atoms with Gasteiger partial charge in [-0.15, -0.1) is 0 Å². The minimum Gasteiger partial charge on any atom is -0.309 e. The largest absolute Gasteiger partial charge is 0.309 e. The first-order valence-corrected chi connectivity index (χ1v) is 9.07. The van der Waals surface area contributed by atoms with Crippen LogP contribution >= 0.6 is 0 Å². The van der Waals surface area contributed by atoms with E-state index in [9.17, 15) is 0 Å². The molecule has 1 aliphatic rings. The van der Waals surface area contributed by atoms with Gasteiger partial charge in [-0.2, -0.15) is 5.10 Å². The van der Waals surface area contributed by atoms with Gasteiger partial charge < -0.3 is 5.32 Å². The summed E-state index contributed by atoms with van der Waals surface area (Å²) in [6, 6.07) is 22.0. The van der Waals surface area contributed by atoms with Crippen molar-refractivity contribution in [2.24, 2.45) is 0 Å². The highest BCUT2D eigenvalue weighted by Gasteiger charge is 2.37. The maximum Gasteiger partial charge on any atom is 0.0662 e. The molecule has 1 saturated carbocycles. The third-order valence-electron chi connectivity index (χ3n) is 5.27. The van der Waals surface area contributed by atoms with E-state index in [1.165, 1.54) is 28.8 Å². The lowest BCUT2D eigenvalue weighted by Crippen LogP contribution is -2.18. The number of rotatable bonds is 6. The Labute approximate surface area is 149 Å². The van der Waals surface area contributed by atoms with Crippen LogP contribution in [0.4, 0.5) is 0 Å². The highest BCUT2D eigenvalue weighted by molar-refractivity contribution is 5.29. The highest BCUT2D eigenvalue weighted by Crippen LogP contribution is 2.40. The molecule has 25 heavy (non-hydrogen) atoms. The summed E-state index contributed by atoms with van der Waals surface area (Å²) in [5, 5.41) is 8.48. The summed E-state index contributed by atoms with van der Waals surface area (Å²) in [5.41, 5.74) is 6.49. The lowest BCUT2D eigenvalue weighted by Gasteiger charge is -2.07. The van der Waals surface area contributed by atoms with Crippen molar-refractivity contribution in [3.63, 3.8) is 0 Å². The third kappa shape index (κ3) is 3.52. The molecular formula is C22H25N3. The molecule has 4 rings (SSSR count). The van der Waals surface area contributed by atoms with E-state index in [0.717, 1.165) is 18.8 Å². The normalized spacial score (nSPS) is 19.1. The molecule has 1 N–H and O–H groups in total. The van der Waals surface area contributed by atoms with Gasteiger partial charge in [-0.25, -0.2) is 0 Å². The van der Waals surface area contributed by atoms with Gasteiger partial charge in [0.15, 0.2) is 0 Å². The van der Waals surface area contributed by atoms with Crippen molar-refractivity contribution in [1.29, 1.82) is 0 Å². The predicted molar refractivity (Wildman–Crippen MR) is 102 cm³/mol. The quantitative estimate of drug-likeness (QED) is 0.734. The average Bonchev–Trinajstić information content (AvgIpc) is 3.37. The molecule has 0 unspecified atom stereocenters. The Bertz CT molecular complexity index is 836. The Kier molecular flexibility index (Phi) is 4.41. The van der Waals surface area contributed by atoms with Crippen LogP contribution in [0.25, 0.3) is 0 Å². The number of hydrogen-bond donors (Lipinski definition) is 1. The molecule has 1 aromatic heterocycles. The van der Waals surface area contributed by atoms with Gasteiger partial charge in [0, 0.05) is 29.8 Å². The summed E-state index contributed by atoms with van der Waals surface area (Å²) in [5.74, 6) is 0.668. The molecule has 3 aromatic rings. The van der Waals surface area contributed by atoms with Crippen molar-refractivity contribution >= 4 is 0 Å². The molecule has 1 aliphatic carbocycles. The molecule has 0 bridgehead atoms. The van der Waals surface area contributed by atoms with Crippen molar-refractivity contribution in [3.05, 3.63) is 88.7 Å². The lowest BCUT2D eigenvalue weighted by molar-refractivity contribution is 0.649. The van der Waals surface area contributed by atoms with Crippen LogP contribution in [-0.4, -0.2) is 15.8 Å². The Morgan fingerprint density at radius 1 is 1.00 bits per heavy atom. The molecule has 128 valence electrons. The maximum absolute atomic E-state index is 4.76.